The molecule has 0 amide bonds. The molecule has 1 aromatic heterocycles. The van der Waals surface area contributed by atoms with Gasteiger partial charge in [-0.15, -0.1) is 0 Å². The van der Waals surface area contributed by atoms with E-state index < -0.39 is 6.10 Å². The Morgan fingerprint density at radius 3 is 2.37 bits per heavy atom. The molecule has 30 heavy (non-hydrogen) atoms. The van der Waals surface area contributed by atoms with Crippen LogP contribution in [-0.2, 0) is 13.2 Å². The van der Waals surface area contributed by atoms with Crippen LogP contribution in [0.5, 0.6) is 11.5 Å². The van der Waals surface area contributed by atoms with Crippen LogP contribution in [0.3, 0.4) is 0 Å². The average Bonchev–Trinajstić information content (AvgIpc) is 3.10. The first-order valence-corrected chi connectivity index (χ1v) is 10.2. The van der Waals surface area contributed by atoms with E-state index in [1.165, 1.54) is 0 Å². The van der Waals surface area contributed by atoms with Gasteiger partial charge in [-0.05, 0) is 55.5 Å². The minimum Gasteiger partial charge on any atom is -0.491 e. The maximum absolute atomic E-state index is 10.6. The minimum atomic E-state index is -0.696. The number of ether oxygens (including phenoxy) is 2. The smallest absolute Gasteiger partial charge is 0.148 e. The van der Waals surface area contributed by atoms with Crippen LogP contribution in [0.2, 0.25) is 5.02 Å². The van der Waals surface area contributed by atoms with Crippen LogP contribution in [0.25, 0.3) is 11.0 Å². The van der Waals surface area contributed by atoms with Crippen LogP contribution in [0, 0.1) is 6.92 Å². The summed E-state index contributed by atoms with van der Waals surface area (Å²) in [6.45, 7) is 2.84. The molecule has 0 fully saturated rings. The summed E-state index contributed by atoms with van der Waals surface area (Å²) in [5, 5.41) is 11.3. The van der Waals surface area contributed by atoms with Gasteiger partial charge in [-0.25, -0.2) is 4.98 Å². The number of fused-ring (bicyclic) bond motifs is 1. The van der Waals surface area contributed by atoms with E-state index in [1.54, 1.807) is 12.1 Å². The van der Waals surface area contributed by atoms with Crippen LogP contribution in [0.15, 0.2) is 72.8 Å². The Bertz CT molecular complexity index is 1110. The molecule has 4 aromatic rings. The lowest BCUT2D eigenvalue weighted by atomic mass is 10.2. The third-order valence-electron chi connectivity index (χ3n) is 4.77. The Morgan fingerprint density at radius 1 is 0.933 bits per heavy atom. The Labute approximate surface area is 180 Å². The van der Waals surface area contributed by atoms with Gasteiger partial charge < -0.3 is 19.1 Å². The Hall–Kier alpha value is -3.02. The van der Waals surface area contributed by atoms with E-state index in [2.05, 4.69) is 4.98 Å². The topological polar surface area (TPSA) is 56.5 Å². The van der Waals surface area contributed by atoms with Crippen molar-refractivity contribution in [3.8, 4) is 11.5 Å². The van der Waals surface area contributed by atoms with Crippen LogP contribution in [0.1, 0.15) is 11.4 Å². The Morgan fingerprint density at radius 2 is 1.60 bits per heavy atom. The van der Waals surface area contributed by atoms with Crippen molar-refractivity contribution in [3.05, 3.63) is 89.2 Å². The first kappa shape index (κ1) is 20.3. The van der Waals surface area contributed by atoms with Crippen molar-refractivity contribution >= 4 is 22.6 Å². The highest BCUT2D eigenvalue weighted by molar-refractivity contribution is 6.30. The van der Waals surface area contributed by atoms with Gasteiger partial charge >= 0.3 is 0 Å². The van der Waals surface area contributed by atoms with E-state index >= 15 is 0 Å². The van der Waals surface area contributed by atoms with E-state index in [0.717, 1.165) is 28.2 Å². The van der Waals surface area contributed by atoms with Gasteiger partial charge in [-0.1, -0.05) is 41.4 Å². The SMILES string of the molecule is Cc1ccc(OC[C@H](O)Cn2c(COc3ccc(Cl)cc3)nc3ccccc32)cc1. The molecular weight excluding hydrogens is 400 g/mol. The fourth-order valence-electron chi connectivity index (χ4n) is 3.21. The molecule has 4 rings (SSSR count). The van der Waals surface area contributed by atoms with Crippen LogP contribution >= 0.6 is 11.6 Å². The van der Waals surface area contributed by atoms with Crippen LogP contribution < -0.4 is 9.47 Å². The second-order valence-corrected chi connectivity index (χ2v) is 7.58. The minimum absolute atomic E-state index is 0.188. The molecule has 3 aromatic carbocycles. The largest absolute Gasteiger partial charge is 0.491 e. The van der Waals surface area contributed by atoms with Crippen LogP contribution in [0.4, 0.5) is 0 Å². The summed E-state index contributed by atoms with van der Waals surface area (Å²) in [6.07, 6.45) is -0.696. The average molecular weight is 423 g/mol. The highest BCUT2D eigenvalue weighted by Gasteiger charge is 2.15. The quantitative estimate of drug-likeness (QED) is 0.433. The maximum Gasteiger partial charge on any atom is 0.148 e. The number of hydrogen-bond acceptors (Lipinski definition) is 4. The summed E-state index contributed by atoms with van der Waals surface area (Å²) >= 11 is 5.93. The van der Waals surface area contributed by atoms with Crippen molar-refractivity contribution in [1.29, 1.82) is 0 Å². The number of benzene rings is 3. The maximum atomic E-state index is 10.6. The summed E-state index contributed by atoms with van der Waals surface area (Å²) in [4.78, 5) is 4.69. The van der Waals surface area contributed by atoms with E-state index in [-0.39, 0.29) is 13.2 Å². The number of nitrogens with zero attached hydrogens (tertiary/aromatic N) is 2. The molecular formula is C24H23ClN2O3. The second-order valence-electron chi connectivity index (χ2n) is 7.15. The van der Waals surface area contributed by atoms with Gasteiger partial charge in [-0.3, -0.25) is 0 Å². The highest BCUT2D eigenvalue weighted by Crippen LogP contribution is 2.21. The molecule has 1 N–H and O–H groups in total. The Balaban J connectivity index is 1.47. The van der Waals surface area contributed by atoms with Gasteiger partial charge in [0.1, 0.15) is 36.6 Å². The third kappa shape index (κ3) is 4.93. The number of rotatable bonds is 8. The molecule has 5 nitrogen and oxygen atoms in total. The molecule has 6 heteroatoms. The molecule has 0 unspecified atom stereocenters. The van der Waals surface area contributed by atoms with Crippen molar-refractivity contribution in [3.63, 3.8) is 0 Å². The second kappa shape index (κ2) is 9.20. The predicted octanol–water partition coefficient (Wildman–Crippen LogP) is 5.02. The lowest BCUT2D eigenvalue weighted by Crippen LogP contribution is -2.25. The molecule has 0 saturated carbocycles. The molecule has 0 aliphatic carbocycles. The van der Waals surface area contributed by atoms with E-state index in [9.17, 15) is 5.11 Å². The summed E-state index contributed by atoms with van der Waals surface area (Å²) in [5.41, 5.74) is 2.97. The first-order chi connectivity index (χ1) is 14.6. The lowest BCUT2D eigenvalue weighted by Gasteiger charge is -2.16. The number of aryl methyl sites for hydroxylation is 1. The molecule has 0 aliphatic heterocycles. The normalized spacial score (nSPS) is 12.1. The molecule has 1 atom stereocenters. The number of aliphatic hydroxyl groups is 1. The van der Waals surface area contributed by atoms with E-state index in [0.29, 0.717) is 17.3 Å². The monoisotopic (exact) mass is 422 g/mol. The van der Waals surface area contributed by atoms with Gasteiger partial charge in [0.25, 0.3) is 0 Å². The number of imidazole rings is 1. The van der Waals surface area contributed by atoms with Crippen LogP contribution in [-0.4, -0.2) is 27.4 Å². The molecule has 1 heterocycles. The number of hydrogen-bond donors (Lipinski definition) is 1. The van der Waals surface area contributed by atoms with Gasteiger partial charge in [0.2, 0.25) is 0 Å². The zero-order valence-electron chi connectivity index (χ0n) is 16.7. The summed E-state index contributed by atoms with van der Waals surface area (Å²) < 4.78 is 13.6. The van der Waals surface area contributed by atoms with Gasteiger partial charge in [0.15, 0.2) is 0 Å². The van der Waals surface area contributed by atoms with E-state index in [4.69, 9.17) is 21.1 Å². The molecule has 0 bridgehead atoms. The Kier molecular flexibility index (Phi) is 6.21. The number of para-hydroxylation sites is 2. The number of aliphatic hydroxyl groups excluding tert-OH is 1. The predicted molar refractivity (Wildman–Crippen MR) is 118 cm³/mol. The summed E-state index contributed by atoms with van der Waals surface area (Å²) in [6, 6.07) is 22.8. The van der Waals surface area contributed by atoms with E-state index in [1.807, 2.05) is 72.2 Å². The molecule has 0 spiro atoms. The van der Waals surface area contributed by atoms with Crippen molar-refractivity contribution in [1.82, 2.24) is 9.55 Å². The molecule has 0 aliphatic rings. The summed E-state index contributed by atoms with van der Waals surface area (Å²) in [7, 11) is 0. The zero-order valence-corrected chi connectivity index (χ0v) is 17.4. The first-order valence-electron chi connectivity index (χ1n) is 9.78. The molecule has 0 saturated heterocycles. The van der Waals surface area contributed by atoms with Gasteiger partial charge in [-0.2, -0.15) is 0 Å². The number of aromatic nitrogens is 2. The molecule has 0 radical (unpaired) electrons. The fourth-order valence-corrected chi connectivity index (χ4v) is 3.33. The van der Waals surface area contributed by atoms with Crippen molar-refractivity contribution in [2.24, 2.45) is 0 Å². The fraction of sp³-hybridized carbons (Fsp3) is 0.208. The number of halogens is 1. The standard InChI is InChI=1S/C24H23ClN2O3/c1-17-6-10-20(11-7-17)29-15-19(28)14-27-23-5-3-2-4-22(23)26-24(27)16-30-21-12-8-18(25)9-13-21/h2-13,19,28H,14-16H2,1H3/t19-/m1/s1. The third-order valence-corrected chi connectivity index (χ3v) is 5.02. The molecule has 154 valence electrons. The zero-order chi connectivity index (χ0) is 20.9. The highest BCUT2D eigenvalue weighted by atomic mass is 35.5. The van der Waals surface area contributed by atoms with Crippen molar-refractivity contribution in [2.45, 2.75) is 26.2 Å². The van der Waals surface area contributed by atoms with Crippen molar-refractivity contribution in [2.75, 3.05) is 6.61 Å². The summed E-state index contributed by atoms with van der Waals surface area (Å²) in [5.74, 6) is 2.18. The van der Waals surface area contributed by atoms with Gasteiger partial charge in [0, 0.05) is 5.02 Å². The van der Waals surface area contributed by atoms with Gasteiger partial charge in [0.05, 0.1) is 17.6 Å². The lowest BCUT2D eigenvalue weighted by molar-refractivity contribution is 0.0917. The van der Waals surface area contributed by atoms with Crippen molar-refractivity contribution < 1.29 is 14.6 Å².